The summed E-state index contributed by atoms with van der Waals surface area (Å²) in [5.74, 6) is -1.07. The van der Waals surface area contributed by atoms with Gasteiger partial charge < -0.3 is 48.4 Å². The van der Waals surface area contributed by atoms with E-state index in [1.54, 1.807) is 31.3 Å². The minimum Gasteiger partial charge on any atom is -0.459 e. The van der Waals surface area contributed by atoms with E-state index in [4.69, 9.17) is 38.4 Å². The Hall–Kier alpha value is -5.32. The van der Waals surface area contributed by atoms with E-state index >= 15 is 0 Å². The first-order valence-corrected chi connectivity index (χ1v) is 22.6. The number of non-ortho nitro benzene ring substituents is 1. The number of unbranched alkanes of at least 4 members (excludes halogenated alkanes) is 2. The fourth-order valence-corrected chi connectivity index (χ4v) is 9.69. The second kappa shape index (κ2) is 22.5. The van der Waals surface area contributed by atoms with Gasteiger partial charge in [-0.05, 0) is 85.8 Å². The molecule has 15 nitrogen and oxygen atoms in total. The molecule has 15 heteroatoms. The number of aliphatic hydroxyl groups excluding tert-OH is 2. The second-order valence-corrected chi connectivity index (χ2v) is 16.8. The first-order valence-electron chi connectivity index (χ1n) is 22.6. The Balaban J connectivity index is 1.32. The smallest absolute Gasteiger partial charge is 0.410 e. The zero-order valence-corrected chi connectivity index (χ0v) is 36.6. The highest BCUT2D eigenvalue weighted by Gasteiger charge is 2.65. The largest absolute Gasteiger partial charge is 0.459 e. The van der Waals surface area contributed by atoms with Gasteiger partial charge in [-0.3, -0.25) is 10.1 Å². The summed E-state index contributed by atoms with van der Waals surface area (Å²) < 4.78 is 38.1. The van der Waals surface area contributed by atoms with Crippen LogP contribution in [0, 0.1) is 27.9 Å². The van der Waals surface area contributed by atoms with E-state index < -0.39 is 35.1 Å². The topological polar surface area (TPSA) is 181 Å². The lowest BCUT2D eigenvalue weighted by Crippen LogP contribution is -2.69. The van der Waals surface area contributed by atoms with Gasteiger partial charge in [0, 0.05) is 50.7 Å². The summed E-state index contributed by atoms with van der Waals surface area (Å²) >= 11 is 0. The monoisotopic (exact) mass is 883 g/mol. The summed E-state index contributed by atoms with van der Waals surface area (Å²) in [7, 11) is 1.68. The van der Waals surface area contributed by atoms with Gasteiger partial charge in [-0.25, -0.2) is 4.79 Å². The standard InChI is InChI=1S/C49H61N3O12/c1-3-25-61-49-44(51(2)48(55)60-28-27-58-33-34-14-5-4-6-15-34)32-42(50-64-45-20-9-12-26-59-45)40-29-35(16-7-10-23-53)39(19-8-11-24-54)46(47(40)49)41-31-38(21-22-43(41)63-49)62-37-18-13-17-36(30-37)52(56)57/h3-6,13-15,17-18,21-22,29-31,35,39,44-47,53-54H,1,7-12,16,19-20,23-28,32-33H2,2H3/t35-,39+,44-,45?,46+,47+,49+/m0/s1. The summed E-state index contributed by atoms with van der Waals surface area (Å²) in [5, 5.41) is 36.3. The zero-order valence-electron chi connectivity index (χ0n) is 36.6. The molecule has 1 unspecified atom stereocenters. The van der Waals surface area contributed by atoms with Crippen molar-refractivity contribution >= 4 is 17.5 Å². The highest BCUT2D eigenvalue weighted by molar-refractivity contribution is 6.03. The van der Waals surface area contributed by atoms with Crippen molar-refractivity contribution in [2.45, 2.75) is 94.9 Å². The molecule has 2 heterocycles. The average molecular weight is 884 g/mol. The molecule has 1 amide bonds. The third kappa shape index (κ3) is 10.9. The maximum atomic E-state index is 14.2. The maximum absolute atomic E-state index is 14.2. The Morgan fingerprint density at radius 3 is 2.55 bits per heavy atom. The minimum absolute atomic E-state index is 0.0113. The number of amides is 1. The number of carbonyl (C=O) groups is 1. The number of ether oxygens (including phenoxy) is 6. The van der Waals surface area contributed by atoms with Crippen molar-refractivity contribution in [3.63, 3.8) is 0 Å². The molecule has 7 rings (SSSR count). The molecular weight excluding hydrogens is 823 g/mol. The summed E-state index contributed by atoms with van der Waals surface area (Å²) in [6, 6.07) is 20.5. The summed E-state index contributed by atoms with van der Waals surface area (Å²) in [5.41, 5.74) is 3.27. The normalized spacial score (nSPS) is 25.2. The number of benzene rings is 3. The molecule has 2 N–H and O–H groups in total. The van der Waals surface area contributed by atoms with Crippen LogP contribution in [0.1, 0.15) is 81.3 Å². The first-order chi connectivity index (χ1) is 31.3. The van der Waals surface area contributed by atoms with Crippen molar-refractivity contribution in [1.29, 1.82) is 0 Å². The van der Waals surface area contributed by atoms with E-state index in [1.165, 1.54) is 17.0 Å². The summed E-state index contributed by atoms with van der Waals surface area (Å²) in [4.78, 5) is 33.1. The van der Waals surface area contributed by atoms with Crippen LogP contribution in [0.2, 0.25) is 0 Å². The van der Waals surface area contributed by atoms with Crippen LogP contribution in [-0.4, -0.2) is 96.6 Å². The van der Waals surface area contributed by atoms with Gasteiger partial charge in [0.15, 0.2) is 0 Å². The van der Waals surface area contributed by atoms with Crippen LogP contribution in [-0.2, 0) is 30.4 Å². The van der Waals surface area contributed by atoms with E-state index in [1.807, 2.05) is 42.5 Å². The zero-order chi connectivity index (χ0) is 44.9. The van der Waals surface area contributed by atoms with E-state index in [0.29, 0.717) is 55.4 Å². The van der Waals surface area contributed by atoms with Crippen molar-refractivity contribution in [3.05, 3.63) is 118 Å². The van der Waals surface area contributed by atoms with Gasteiger partial charge >= 0.3 is 6.09 Å². The molecule has 2 aliphatic heterocycles. The molecule has 3 aromatic carbocycles. The van der Waals surface area contributed by atoms with E-state index in [9.17, 15) is 25.1 Å². The summed E-state index contributed by atoms with van der Waals surface area (Å²) in [6.45, 7) is 5.37. The van der Waals surface area contributed by atoms with Crippen LogP contribution in [0.4, 0.5) is 10.5 Å². The van der Waals surface area contributed by atoms with Crippen LogP contribution in [0.3, 0.4) is 0 Å². The fourth-order valence-electron chi connectivity index (χ4n) is 9.69. The molecule has 64 heavy (non-hydrogen) atoms. The third-order valence-corrected chi connectivity index (χ3v) is 12.6. The number of fused-ring (bicyclic) bond motifs is 2. The number of allylic oxidation sites excluding steroid dienone is 1. The molecule has 3 aromatic rings. The molecule has 4 aliphatic rings. The number of nitro groups is 1. The van der Waals surface area contributed by atoms with E-state index in [2.05, 4.69) is 12.7 Å². The predicted molar refractivity (Wildman–Crippen MR) is 238 cm³/mol. The summed E-state index contributed by atoms with van der Waals surface area (Å²) in [6.07, 6.45) is 9.88. The van der Waals surface area contributed by atoms with Crippen molar-refractivity contribution in [2.75, 3.05) is 46.7 Å². The molecule has 344 valence electrons. The number of hydrogen-bond acceptors (Lipinski definition) is 13. The fraction of sp³-hybridized carbons (Fsp3) is 0.510. The number of carbonyl (C=O) groups excluding carboxylic acids is 1. The van der Waals surface area contributed by atoms with E-state index in [0.717, 1.165) is 55.2 Å². The minimum atomic E-state index is -1.48. The van der Waals surface area contributed by atoms with Crippen molar-refractivity contribution < 1.29 is 53.2 Å². The van der Waals surface area contributed by atoms with Crippen molar-refractivity contribution in [3.8, 4) is 17.2 Å². The van der Waals surface area contributed by atoms with Gasteiger partial charge in [-0.2, -0.15) is 0 Å². The van der Waals surface area contributed by atoms with Crippen LogP contribution in [0.25, 0.3) is 0 Å². The quantitative estimate of drug-likeness (QED) is 0.0424. The highest BCUT2D eigenvalue weighted by Crippen LogP contribution is 2.62. The van der Waals surface area contributed by atoms with Crippen LogP contribution < -0.4 is 9.47 Å². The molecule has 0 bridgehead atoms. The molecule has 7 atom stereocenters. The molecular formula is C49H61N3O12. The molecule has 1 saturated carbocycles. The van der Waals surface area contributed by atoms with Crippen molar-refractivity contribution in [2.24, 2.45) is 22.9 Å². The Morgan fingerprint density at radius 1 is 1.00 bits per heavy atom. The third-order valence-electron chi connectivity index (χ3n) is 12.6. The Morgan fingerprint density at radius 2 is 1.80 bits per heavy atom. The van der Waals surface area contributed by atoms with Gasteiger partial charge in [0.25, 0.3) is 5.69 Å². The molecule has 2 fully saturated rings. The second-order valence-electron chi connectivity index (χ2n) is 16.8. The van der Waals surface area contributed by atoms with Crippen molar-refractivity contribution in [1.82, 2.24) is 4.90 Å². The average Bonchev–Trinajstić information content (AvgIpc) is 3.31. The molecule has 1 saturated heterocycles. The van der Waals surface area contributed by atoms with E-state index in [-0.39, 0.29) is 62.9 Å². The maximum Gasteiger partial charge on any atom is 0.410 e. The Labute approximate surface area is 374 Å². The van der Waals surface area contributed by atoms with Gasteiger partial charge in [0.05, 0.1) is 49.0 Å². The number of hydrogen-bond donors (Lipinski definition) is 2. The SMILES string of the molecule is C=CCO[C@@]12Oc3ccc(Oc4cccc([N+](=O)[O-])c4)cc3[C@H]3[C@H](CCCCO)[C@@H](CCCCO)C=C(C(=NOC4CCCCO4)C[C@@H]1N(C)C(=O)OCCOCc1ccccc1)[C@H]32. The first kappa shape index (κ1) is 46.7. The number of likely N-dealkylation sites (N-methyl/N-ethyl adjacent to an activating group) is 1. The number of oxime groups is 1. The molecule has 2 aliphatic carbocycles. The molecule has 0 aromatic heterocycles. The lowest BCUT2D eigenvalue weighted by molar-refractivity contribution is -0.384. The van der Waals surface area contributed by atoms with Gasteiger partial charge in [-0.1, -0.05) is 66.5 Å². The number of nitro benzene ring substituents is 1. The Bertz CT molecular complexity index is 2090. The highest BCUT2D eigenvalue weighted by atomic mass is 16.8. The molecule has 0 radical (unpaired) electrons. The number of rotatable bonds is 22. The lowest BCUT2D eigenvalue weighted by atomic mass is 9.55. The Kier molecular flexibility index (Phi) is 16.4. The van der Waals surface area contributed by atoms with Crippen LogP contribution in [0.5, 0.6) is 17.2 Å². The molecule has 0 spiro atoms. The van der Waals surface area contributed by atoms with Gasteiger partial charge in [0.1, 0.15) is 29.9 Å². The number of nitrogens with zero attached hydrogens (tertiary/aromatic N) is 3. The van der Waals surface area contributed by atoms with Gasteiger partial charge in [-0.15, -0.1) is 6.58 Å². The number of aliphatic hydroxyl groups is 2. The lowest BCUT2D eigenvalue weighted by Gasteiger charge is -2.59. The van der Waals surface area contributed by atoms with Gasteiger partial charge in [0.2, 0.25) is 12.1 Å². The predicted octanol–water partition coefficient (Wildman–Crippen LogP) is 8.83. The van der Waals surface area contributed by atoms with Crippen LogP contribution >= 0.6 is 0 Å². The van der Waals surface area contributed by atoms with Crippen LogP contribution in [0.15, 0.2) is 102 Å².